The maximum absolute atomic E-state index is 11.1. The summed E-state index contributed by atoms with van der Waals surface area (Å²) in [5.74, 6) is 0.270. The molecule has 2 N–H and O–H groups in total. The van der Waals surface area contributed by atoms with Gasteiger partial charge in [-0.25, -0.2) is 18.2 Å². The smallest absolute Gasteiger partial charge is 0.407 e. The number of hydrogen-bond acceptors (Lipinski definition) is 4. The molecule has 0 unspecified atom stereocenters. The van der Waals surface area contributed by atoms with Gasteiger partial charge in [-0.2, -0.15) is 0 Å². The van der Waals surface area contributed by atoms with Gasteiger partial charge < -0.3 is 10.0 Å². The van der Waals surface area contributed by atoms with E-state index in [0.29, 0.717) is 19.4 Å². The summed E-state index contributed by atoms with van der Waals surface area (Å²) < 4.78 is 24.4. The topological polar surface area (TPSA) is 99.6 Å². The van der Waals surface area contributed by atoms with E-state index < -0.39 is 16.1 Å². The first-order valence-corrected chi connectivity index (χ1v) is 7.54. The summed E-state index contributed by atoms with van der Waals surface area (Å²) >= 11 is 0. The Balaban J connectivity index is 2.56. The second-order valence-electron chi connectivity index (χ2n) is 4.23. The van der Waals surface area contributed by atoms with Crippen molar-refractivity contribution in [3.63, 3.8) is 0 Å². The van der Waals surface area contributed by atoms with Crippen LogP contribution in [0.15, 0.2) is 18.3 Å². The van der Waals surface area contributed by atoms with E-state index in [0.717, 1.165) is 11.8 Å². The number of nitrogens with zero attached hydrogens (tertiary/aromatic N) is 2. The molecule has 0 fully saturated rings. The van der Waals surface area contributed by atoms with Crippen molar-refractivity contribution in [3.8, 4) is 0 Å². The first kappa shape index (κ1) is 15.2. The molecule has 0 aliphatic carbocycles. The minimum atomic E-state index is -3.34. The zero-order chi connectivity index (χ0) is 14.5. The second-order valence-corrected chi connectivity index (χ2v) is 5.98. The van der Waals surface area contributed by atoms with Crippen molar-refractivity contribution in [2.24, 2.45) is 0 Å². The van der Waals surface area contributed by atoms with Crippen LogP contribution < -0.4 is 4.72 Å². The van der Waals surface area contributed by atoms with Crippen molar-refractivity contribution in [2.75, 3.05) is 24.6 Å². The first-order valence-electron chi connectivity index (χ1n) is 5.65. The molecular formula is C11H17N3O4S. The standard InChI is InChI=1S/C11H17N3O4S/c1-14(11(15)16)7-3-4-9-5-6-12-10(8-9)13-19(2,17)18/h5-6,8H,3-4,7H2,1-2H3,(H,12,13)(H,15,16). The lowest BCUT2D eigenvalue weighted by Gasteiger charge is -2.12. The Hall–Kier alpha value is -1.83. The predicted molar refractivity (Wildman–Crippen MR) is 71.7 cm³/mol. The van der Waals surface area contributed by atoms with E-state index in [-0.39, 0.29) is 5.82 Å². The van der Waals surface area contributed by atoms with Crippen LogP contribution in [0.25, 0.3) is 0 Å². The monoisotopic (exact) mass is 287 g/mol. The molecule has 0 bridgehead atoms. The zero-order valence-corrected chi connectivity index (χ0v) is 11.6. The number of carbonyl (C=O) groups is 1. The Morgan fingerprint density at radius 1 is 1.53 bits per heavy atom. The largest absolute Gasteiger partial charge is 0.465 e. The van der Waals surface area contributed by atoms with Crippen molar-refractivity contribution < 1.29 is 18.3 Å². The van der Waals surface area contributed by atoms with Gasteiger partial charge in [0.2, 0.25) is 10.0 Å². The van der Waals surface area contributed by atoms with Crippen LogP contribution in [0.5, 0.6) is 0 Å². The molecule has 1 rings (SSSR count). The number of aryl methyl sites for hydroxylation is 1. The summed E-state index contributed by atoms with van der Waals surface area (Å²) in [5, 5.41) is 8.69. The number of sulfonamides is 1. The highest BCUT2D eigenvalue weighted by molar-refractivity contribution is 7.92. The first-order chi connectivity index (χ1) is 8.78. The van der Waals surface area contributed by atoms with Crippen LogP contribution in [0.3, 0.4) is 0 Å². The second kappa shape index (κ2) is 6.37. The van der Waals surface area contributed by atoms with Crippen LogP contribution in [0.4, 0.5) is 10.6 Å². The number of aromatic nitrogens is 1. The fraction of sp³-hybridized carbons (Fsp3) is 0.455. The Morgan fingerprint density at radius 3 is 2.79 bits per heavy atom. The van der Waals surface area contributed by atoms with E-state index >= 15 is 0 Å². The number of rotatable bonds is 6. The van der Waals surface area contributed by atoms with Crippen LogP contribution in [-0.4, -0.2) is 49.3 Å². The van der Waals surface area contributed by atoms with E-state index in [1.807, 2.05) is 0 Å². The third-order valence-electron chi connectivity index (χ3n) is 2.40. The molecule has 0 aromatic carbocycles. The summed E-state index contributed by atoms with van der Waals surface area (Å²) in [5.41, 5.74) is 0.903. The average molecular weight is 287 g/mol. The quantitative estimate of drug-likeness (QED) is 0.813. The molecular weight excluding hydrogens is 270 g/mol. The van der Waals surface area contributed by atoms with E-state index in [1.54, 1.807) is 12.1 Å². The van der Waals surface area contributed by atoms with Crippen molar-refractivity contribution >= 4 is 21.9 Å². The Labute approximate surface area is 112 Å². The highest BCUT2D eigenvalue weighted by atomic mass is 32.2. The molecule has 1 amide bonds. The molecule has 0 saturated heterocycles. The lowest BCUT2D eigenvalue weighted by Crippen LogP contribution is -2.25. The summed E-state index contributed by atoms with van der Waals surface area (Å²) in [6, 6.07) is 3.41. The van der Waals surface area contributed by atoms with Gasteiger partial charge in [-0.05, 0) is 30.5 Å². The molecule has 8 heteroatoms. The minimum absolute atomic E-state index is 0.270. The predicted octanol–water partition coefficient (Wildman–Crippen LogP) is 0.996. The maximum Gasteiger partial charge on any atom is 0.407 e. The molecule has 7 nitrogen and oxygen atoms in total. The van der Waals surface area contributed by atoms with Crippen LogP contribution >= 0.6 is 0 Å². The number of hydrogen-bond donors (Lipinski definition) is 2. The van der Waals surface area contributed by atoms with Gasteiger partial charge in [0, 0.05) is 19.8 Å². The summed E-state index contributed by atoms with van der Waals surface area (Å²) in [7, 11) is -1.83. The number of pyridine rings is 1. The van der Waals surface area contributed by atoms with Crippen LogP contribution in [0.2, 0.25) is 0 Å². The summed E-state index contributed by atoms with van der Waals surface area (Å²) in [6.45, 7) is 0.423. The van der Waals surface area contributed by atoms with Gasteiger partial charge in [-0.1, -0.05) is 0 Å². The number of nitrogens with one attached hydrogen (secondary N) is 1. The molecule has 1 aromatic rings. The number of amides is 1. The van der Waals surface area contributed by atoms with Gasteiger partial charge in [0.1, 0.15) is 5.82 Å². The molecule has 0 radical (unpaired) electrons. The molecule has 0 spiro atoms. The lowest BCUT2D eigenvalue weighted by molar-refractivity contribution is 0.155. The van der Waals surface area contributed by atoms with E-state index in [1.165, 1.54) is 18.1 Å². The Bertz CT molecular complexity index is 545. The van der Waals surface area contributed by atoms with Crippen LogP contribution in [0.1, 0.15) is 12.0 Å². The molecule has 0 aliphatic rings. The zero-order valence-electron chi connectivity index (χ0n) is 10.8. The van der Waals surface area contributed by atoms with Gasteiger partial charge in [-0.15, -0.1) is 0 Å². The van der Waals surface area contributed by atoms with Crippen molar-refractivity contribution in [1.29, 1.82) is 0 Å². The molecule has 1 heterocycles. The van der Waals surface area contributed by atoms with Crippen molar-refractivity contribution in [3.05, 3.63) is 23.9 Å². The fourth-order valence-electron chi connectivity index (χ4n) is 1.49. The molecule has 106 valence electrons. The number of carboxylic acid groups (broad SMARTS) is 1. The number of anilines is 1. The SMILES string of the molecule is CN(CCCc1ccnc(NS(C)(=O)=O)c1)C(=O)O. The van der Waals surface area contributed by atoms with Crippen LogP contribution in [-0.2, 0) is 16.4 Å². The third-order valence-corrected chi connectivity index (χ3v) is 2.98. The molecule has 1 aromatic heterocycles. The summed E-state index contributed by atoms with van der Waals surface area (Å²) in [4.78, 5) is 15.7. The van der Waals surface area contributed by atoms with Gasteiger partial charge in [-0.3, -0.25) is 4.72 Å². The summed E-state index contributed by atoms with van der Waals surface area (Å²) in [6.07, 6.45) is 2.92. The molecule has 0 atom stereocenters. The van der Waals surface area contributed by atoms with Gasteiger partial charge in [0.05, 0.1) is 6.26 Å². The van der Waals surface area contributed by atoms with E-state index in [9.17, 15) is 13.2 Å². The molecule has 0 aliphatic heterocycles. The van der Waals surface area contributed by atoms with Crippen molar-refractivity contribution in [1.82, 2.24) is 9.88 Å². The lowest BCUT2D eigenvalue weighted by atomic mass is 10.1. The highest BCUT2D eigenvalue weighted by Crippen LogP contribution is 2.10. The van der Waals surface area contributed by atoms with E-state index in [2.05, 4.69) is 9.71 Å². The van der Waals surface area contributed by atoms with Gasteiger partial charge in [0.25, 0.3) is 0 Å². The fourth-order valence-corrected chi connectivity index (χ4v) is 1.98. The maximum atomic E-state index is 11.1. The van der Waals surface area contributed by atoms with Crippen molar-refractivity contribution in [2.45, 2.75) is 12.8 Å². The Morgan fingerprint density at radius 2 is 2.21 bits per heavy atom. The van der Waals surface area contributed by atoms with Gasteiger partial charge >= 0.3 is 6.09 Å². The van der Waals surface area contributed by atoms with Crippen LogP contribution in [0, 0.1) is 0 Å². The normalized spacial score (nSPS) is 11.1. The average Bonchev–Trinajstić information content (AvgIpc) is 2.26. The van der Waals surface area contributed by atoms with E-state index in [4.69, 9.17) is 5.11 Å². The molecule has 0 saturated carbocycles. The Kier molecular flexibility index (Phi) is 5.11. The highest BCUT2D eigenvalue weighted by Gasteiger charge is 2.06. The molecule has 19 heavy (non-hydrogen) atoms. The third kappa shape index (κ3) is 6.05. The minimum Gasteiger partial charge on any atom is -0.465 e. The van der Waals surface area contributed by atoms with Gasteiger partial charge in [0.15, 0.2) is 0 Å².